The van der Waals surface area contributed by atoms with Crippen molar-refractivity contribution in [2.24, 2.45) is 5.73 Å². The molecular formula is C18H17ClN6O2S. The Labute approximate surface area is 170 Å². The van der Waals surface area contributed by atoms with E-state index in [9.17, 15) is 9.59 Å². The highest BCUT2D eigenvalue weighted by molar-refractivity contribution is 8.00. The predicted octanol–water partition coefficient (Wildman–Crippen LogP) is 2.97. The first kappa shape index (κ1) is 19.8. The highest BCUT2D eigenvalue weighted by Gasteiger charge is 2.23. The maximum atomic E-state index is 12.1. The molecule has 0 spiro atoms. The van der Waals surface area contributed by atoms with Gasteiger partial charge in [-0.3, -0.25) is 19.7 Å². The average Bonchev–Trinajstić information content (AvgIpc) is 3.07. The van der Waals surface area contributed by atoms with Gasteiger partial charge in [0.2, 0.25) is 5.91 Å². The van der Waals surface area contributed by atoms with Crippen LogP contribution >= 0.6 is 23.4 Å². The number of thioether (sulfide) groups is 1. The molecule has 2 aromatic heterocycles. The number of urea groups is 1. The molecule has 28 heavy (non-hydrogen) atoms. The van der Waals surface area contributed by atoms with Gasteiger partial charge in [0.15, 0.2) is 11.0 Å². The molecule has 0 saturated carbocycles. The molecule has 0 bridgehead atoms. The van der Waals surface area contributed by atoms with Crippen LogP contribution in [0, 0.1) is 6.92 Å². The van der Waals surface area contributed by atoms with Crippen molar-refractivity contribution in [1.82, 2.24) is 25.1 Å². The van der Waals surface area contributed by atoms with Crippen LogP contribution in [0.1, 0.15) is 12.5 Å². The number of carbonyl (C=O) groups excluding carboxylic acids is 2. The summed E-state index contributed by atoms with van der Waals surface area (Å²) in [7, 11) is 0. The van der Waals surface area contributed by atoms with Crippen LogP contribution in [-0.2, 0) is 4.79 Å². The second kappa shape index (κ2) is 8.41. The number of hydrogen-bond acceptors (Lipinski definition) is 6. The molecule has 3 rings (SSSR count). The van der Waals surface area contributed by atoms with E-state index >= 15 is 0 Å². The Bertz CT molecular complexity index is 1020. The number of carbonyl (C=O) groups is 2. The van der Waals surface area contributed by atoms with Crippen molar-refractivity contribution < 1.29 is 9.59 Å². The summed E-state index contributed by atoms with van der Waals surface area (Å²) in [5.74, 6) is 0.0677. The Morgan fingerprint density at radius 3 is 2.61 bits per heavy atom. The molecule has 144 valence electrons. The summed E-state index contributed by atoms with van der Waals surface area (Å²) in [6.07, 6.45) is 3.32. The van der Waals surface area contributed by atoms with Gasteiger partial charge in [0.1, 0.15) is 0 Å². The molecule has 1 unspecified atom stereocenters. The summed E-state index contributed by atoms with van der Waals surface area (Å²) < 4.78 is 1.83. The van der Waals surface area contributed by atoms with Gasteiger partial charge in [0.25, 0.3) is 0 Å². The first-order valence-electron chi connectivity index (χ1n) is 8.26. The fourth-order valence-electron chi connectivity index (χ4n) is 2.52. The Morgan fingerprint density at radius 2 is 1.93 bits per heavy atom. The number of nitrogens with zero attached hydrogens (tertiary/aromatic N) is 4. The standard InChI is InChI=1S/C18H17ClN6O2S/c1-10-13(19)4-3-5-14(10)25-15(12-6-8-21-9-7-12)23-24-18(25)28-11(2)16(26)22-17(20)27/h3-9,11H,1-2H3,(H3,20,22,26,27). The lowest BCUT2D eigenvalue weighted by molar-refractivity contribution is -0.119. The largest absolute Gasteiger partial charge is 0.351 e. The van der Waals surface area contributed by atoms with Crippen molar-refractivity contribution in [3.05, 3.63) is 53.3 Å². The quantitative estimate of drug-likeness (QED) is 0.617. The van der Waals surface area contributed by atoms with E-state index in [-0.39, 0.29) is 0 Å². The first-order valence-corrected chi connectivity index (χ1v) is 9.52. The Balaban J connectivity index is 2.09. The molecule has 1 atom stereocenters. The number of pyridine rings is 1. The number of nitrogens with two attached hydrogens (primary N) is 1. The molecule has 3 N–H and O–H groups in total. The maximum Gasteiger partial charge on any atom is 0.318 e. The fourth-order valence-corrected chi connectivity index (χ4v) is 3.55. The van der Waals surface area contributed by atoms with Gasteiger partial charge < -0.3 is 5.73 Å². The highest BCUT2D eigenvalue weighted by Crippen LogP contribution is 2.32. The zero-order chi connectivity index (χ0) is 20.3. The van der Waals surface area contributed by atoms with Gasteiger partial charge in [-0.25, -0.2) is 4.79 Å². The molecule has 10 heteroatoms. The second-order valence-corrected chi connectivity index (χ2v) is 7.59. The van der Waals surface area contributed by atoms with E-state index in [0.29, 0.717) is 16.0 Å². The molecule has 1 aromatic carbocycles. The Hall–Kier alpha value is -2.91. The van der Waals surface area contributed by atoms with Gasteiger partial charge in [-0.15, -0.1) is 10.2 Å². The van der Waals surface area contributed by atoms with Gasteiger partial charge in [-0.05, 0) is 43.7 Å². The van der Waals surface area contributed by atoms with Crippen LogP contribution in [0.5, 0.6) is 0 Å². The summed E-state index contributed by atoms with van der Waals surface area (Å²) in [4.78, 5) is 27.1. The molecule has 0 aliphatic heterocycles. The molecule has 0 radical (unpaired) electrons. The lowest BCUT2D eigenvalue weighted by Crippen LogP contribution is -2.39. The molecule has 0 saturated heterocycles. The summed E-state index contributed by atoms with van der Waals surface area (Å²) in [6.45, 7) is 3.55. The third-order valence-corrected chi connectivity index (χ3v) is 5.40. The van der Waals surface area contributed by atoms with E-state index < -0.39 is 17.2 Å². The molecule has 2 heterocycles. The summed E-state index contributed by atoms with van der Waals surface area (Å²) in [6, 6.07) is 8.26. The summed E-state index contributed by atoms with van der Waals surface area (Å²) in [5.41, 5.74) is 7.47. The van der Waals surface area contributed by atoms with Crippen LogP contribution in [0.25, 0.3) is 17.1 Å². The van der Waals surface area contributed by atoms with Gasteiger partial charge >= 0.3 is 6.03 Å². The molecule has 3 aromatic rings. The van der Waals surface area contributed by atoms with Crippen LogP contribution in [0.3, 0.4) is 0 Å². The van der Waals surface area contributed by atoms with Crippen molar-refractivity contribution in [3.8, 4) is 17.1 Å². The van der Waals surface area contributed by atoms with E-state index in [1.54, 1.807) is 25.4 Å². The number of nitrogens with one attached hydrogen (secondary N) is 1. The van der Waals surface area contributed by atoms with Gasteiger partial charge in [-0.1, -0.05) is 29.4 Å². The van der Waals surface area contributed by atoms with Crippen molar-refractivity contribution in [1.29, 1.82) is 0 Å². The number of primary amides is 1. The first-order chi connectivity index (χ1) is 13.4. The van der Waals surface area contributed by atoms with E-state index in [1.807, 2.05) is 35.8 Å². The number of imide groups is 1. The Morgan fingerprint density at radius 1 is 1.21 bits per heavy atom. The van der Waals surface area contributed by atoms with Gasteiger partial charge in [-0.2, -0.15) is 0 Å². The van der Waals surface area contributed by atoms with E-state index in [0.717, 1.165) is 28.6 Å². The van der Waals surface area contributed by atoms with Crippen molar-refractivity contribution in [2.75, 3.05) is 0 Å². The van der Waals surface area contributed by atoms with Crippen molar-refractivity contribution >= 4 is 35.3 Å². The molecular weight excluding hydrogens is 400 g/mol. The maximum absolute atomic E-state index is 12.1. The minimum Gasteiger partial charge on any atom is -0.351 e. The van der Waals surface area contributed by atoms with E-state index in [4.69, 9.17) is 17.3 Å². The Kier molecular flexibility index (Phi) is 5.96. The molecule has 0 aliphatic rings. The van der Waals surface area contributed by atoms with Crippen LogP contribution in [0.15, 0.2) is 47.9 Å². The number of rotatable bonds is 5. The minimum absolute atomic E-state index is 0.476. The lowest BCUT2D eigenvalue weighted by atomic mass is 10.2. The molecule has 0 aliphatic carbocycles. The predicted molar refractivity (Wildman–Crippen MR) is 107 cm³/mol. The van der Waals surface area contributed by atoms with Crippen LogP contribution in [-0.4, -0.2) is 36.9 Å². The van der Waals surface area contributed by atoms with Gasteiger partial charge in [0.05, 0.1) is 10.9 Å². The number of benzene rings is 1. The van der Waals surface area contributed by atoms with E-state index in [2.05, 4.69) is 20.5 Å². The summed E-state index contributed by atoms with van der Waals surface area (Å²) in [5, 5.41) is 11.1. The minimum atomic E-state index is -0.901. The van der Waals surface area contributed by atoms with Gasteiger partial charge in [0, 0.05) is 23.0 Å². The fraction of sp³-hybridized carbons (Fsp3) is 0.167. The topological polar surface area (TPSA) is 116 Å². The zero-order valence-electron chi connectivity index (χ0n) is 15.1. The average molecular weight is 417 g/mol. The summed E-state index contributed by atoms with van der Waals surface area (Å²) >= 11 is 7.46. The zero-order valence-corrected chi connectivity index (χ0v) is 16.7. The lowest BCUT2D eigenvalue weighted by Gasteiger charge is -2.15. The van der Waals surface area contributed by atoms with Crippen LogP contribution in [0.2, 0.25) is 5.02 Å². The number of aromatic nitrogens is 4. The second-order valence-electron chi connectivity index (χ2n) is 5.88. The smallest absolute Gasteiger partial charge is 0.318 e. The third-order valence-electron chi connectivity index (χ3n) is 3.95. The number of amides is 3. The number of hydrogen-bond donors (Lipinski definition) is 2. The van der Waals surface area contributed by atoms with Crippen LogP contribution in [0.4, 0.5) is 4.79 Å². The SMILES string of the molecule is Cc1c(Cl)cccc1-n1c(SC(C)C(=O)NC(N)=O)nnc1-c1ccncc1. The molecule has 0 fully saturated rings. The van der Waals surface area contributed by atoms with E-state index in [1.165, 1.54) is 0 Å². The third kappa shape index (κ3) is 4.15. The normalized spacial score (nSPS) is 11.8. The monoisotopic (exact) mass is 416 g/mol. The molecule has 8 nitrogen and oxygen atoms in total. The molecule has 3 amide bonds. The van der Waals surface area contributed by atoms with Crippen LogP contribution < -0.4 is 11.1 Å². The highest BCUT2D eigenvalue weighted by atomic mass is 35.5. The van der Waals surface area contributed by atoms with Crippen molar-refractivity contribution in [3.63, 3.8) is 0 Å². The number of halogens is 1. The van der Waals surface area contributed by atoms with Crippen molar-refractivity contribution in [2.45, 2.75) is 24.3 Å².